The molecule has 0 aromatic heterocycles. The van der Waals surface area contributed by atoms with Gasteiger partial charge < -0.3 is 19.9 Å². The second-order valence-electron chi connectivity index (χ2n) is 7.81. The Kier molecular flexibility index (Phi) is 7.07. The van der Waals surface area contributed by atoms with E-state index in [1.807, 2.05) is 0 Å². The van der Waals surface area contributed by atoms with E-state index in [9.17, 15) is 27.6 Å². The Hall–Kier alpha value is -2.78. The molecular weight excluding hydrogens is 415 g/mol. The van der Waals surface area contributed by atoms with Gasteiger partial charge in [0.05, 0.1) is 18.6 Å². The third-order valence-corrected chi connectivity index (χ3v) is 5.74. The number of benzene rings is 1. The number of rotatable bonds is 4. The fourth-order valence-corrected chi connectivity index (χ4v) is 4.12. The SMILES string of the molecule is COC(=O)[C@@H](NC(=O)[C@H]1CCCN(C(=O)N2CCCC2)C1)c1ccccc1C(F)(F)F. The molecule has 3 amide bonds. The van der Waals surface area contributed by atoms with Crippen LogP contribution in [0, 0.1) is 5.92 Å². The van der Waals surface area contributed by atoms with Crippen molar-refractivity contribution in [1.82, 2.24) is 15.1 Å². The van der Waals surface area contributed by atoms with E-state index in [1.165, 1.54) is 12.1 Å². The molecule has 0 unspecified atom stereocenters. The summed E-state index contributed by atoms with van der Waals surface area (Å²) in [6.45, 7) is 2.06. The predicted molar refractivity (Wildman–Crippen MR) is 105 cm³/mol. The summed E-state index contributed by atoms with van der Waals surface area (Å²) in [5.74, 6) is -2.19. The summed E-state index contributed by atoms with van der Waals surface area (Å²) in [6.07, 6.45) is -1.73. The van der Waals surface area contributed by atoms with Gasteiger partial charge >= 0.3 is 18.2 Å². The van der Waals surface area contributed by atoms with Crippen molar-refractivity contribution in [2.75, 3.05) is 33.3 Å². The number of ether oxygens (including phenoxy) is 1. The molecule has 0 radical (unpaired) electrons. The number of alkyl halides is 3. The summed E-state index contributed by atoms with van der Waals surface area (Å²) in [6, 6.07) is 2.86. The van der Waals surface area contributed by atoms with Crippen molar-refractivity contribution >= 4 is 17.9 Å². The molecule has 10 heteroatoms. The van der Waals surface area contributed by atoms with E-state index >= 15 is 0 Å². The number of hydrogen-bond donors (Lipinski definition) is 1. The van der Waals surface area contributed by atoms with Crippen molar-refractivity contribution in [1.29, 1.82) is 0 Å². The van der Waals surface area contributed by atoms with Gasteiger partial charge in [-0.1, -0.05) is 18.2 Å². The quantitative estimate of drug-likeness (QED) is 0.729. The average Bonchev–Trinajstić information content (AvgIpc) is 3.30. The molecule has 2 saturated heterocycles. The molecule has 0 bridgehead atoms. The second-order valence-corrected chi connectivity index (χ2v) is 7.81. The molecule has 2 fully saturated rings. The van der Waals surface area contributed by atoms with E-state index < -0.39 is 35.6 Å². The summed E-state index contributed by atoms with van der Waals surface area (Å²) in [4.78, 5) is 41.2. The standard InChI is InChI=1S/C21H26F3N3O4/c1-31-19(29)17(15-8-2-3-9-16(15)21(22,23)24)25-18(28)14-7-6-12-27(13-14)20(30)26-10-4-5-11-26/h2-3,8-9,14,17H,4-7,10-13H2,1H3,(H,25,28)/t14-,17-/m0/s1. The minimum atomic E-state index is -4.70. The first-order valence-corrected chi connectivity index (χ1v) is 10.3. The van der Waals surface area contributed by atoms with E-state index in [1.54, 1.807) is 9.80 Å². The molecule has 1 N–H and O–H groups in total. The van der Waals surface area contributed by atoms with E-state index in [-0.39, 0.29) is 18.1 Å². The van der Waals surface area contributed by atoms with Gasteiger partial charge in [-0.25, -0.2) is 9.59 Å². The number of carbonyl (C=O) groups is 3. The van der Waals surface area contributed by atoms with Crippen LogP contribution in [0.1, 0.15) is 42.9 Å². The first-order valence-electron chi connectivity index (χ1n) is 10.3. The van der Waals surface area contributed by atoms with Crippen molar-refractivity contribution in [2.45, 2.75) is 37.9 Å². The monoisotopic (exact) mass is 441 g/mol. The third-order valence-electron chi connectivity index (χ3n) is 5.74. The zero-order valence-electron chi connectivity index (χ0n) is 17.3. The van der Waals surface area contributed by atoms with Gasteiger partial charge in [0.1, 0.15) is 0 Å². The van der Waals surface area contributed by atoms with Gasteiger partial charge in [0.25, 0.3) is 0 Å². The zero-order valence-corrected chi connectivity index (χ0v) is 17.3. The van der Waals surface area contributed by atoms with Gasteiger partial charge in [0.15, 0.2) is 6.04 Å². The Morgan fingerprint density at radius 2 is 1.71 bits per heavy atom. The molecule has 3 rings (SSSR count). The van der Waals surface area contributed by atoms with Crippen molar-refractivity contribution in [3.8, 4) is 0 Å². The number of piperidine rings is 1. The van der Waals surface area contributed by atoms with Crippen molar-refractivity contribution in [3.63, 3.8) is 0 Å². The normalized spacial score (nSPS) is 20.3. The summed E-state index contributed by atoms with van der Waals surface area (Å²) >= 11 is 0. The lowest BCUT2D eigenvalue weighted by molar-refractivity contribution is -0.147. The summed E-state index contributed by atoms with van der Waals surface area (Å²) in [5, 5.41) is 2.43. The molecule has 31 heavy (non-hydrogen) atoms. The van der Waals surface area contributed by atoms with Crippen LogP contribution in [0.5, 0.6) is 0 Å². The van der Waals surface area contributed by atoms with Gasteiger partial charge in [-0.05, 0) is 37.3 Å². The first kappa shape index (κ1) is 22.9. The molecule has 1 aromatic carbocycles. The molecule has 0 saturated carbocycles. The smallest absolute Gasteiger partial charge is 0.416 e. The number of urea groups is 1. The number of nitrogens with zero attached hydrogens (tertiary/aromatic N) is 2. The molecule has 2 heterocycles. The molecule has 0 spiro atoms. The average molecular weight is 441 g/mol. The maximum absolute atomic E-state index is 13.4. The van der Waals surface area contributed by atoms with E-state index in [2.05, 4.69) is 10.1 Å². The van der Waals surface area contributed by atoms with Crippen molar-refractivity contribution in [3.05, 3.63) is 35.4 Å². The molecule has 2 aliphatic heterocycles. The molecular formula is C21H26F3N3O4. The summed E-state index contributed by atoms with van der Waals surface area (Å²) < 4.78 is 45.0. The number of esters is 1. The molecule has 1 aromatic rings. The second kappa shape index (κ2) is 9.57. The van der Waals surface area contributed by atoms with E-state index in [4.69, 9.17) is 0 Å². The highest BCUT2D eigenvalue weighted by molar-refractivity contribution is 5.87. The van der Waals surface area contributed by atoms with Gasteiger partial charge in [-0.3, -0.25) is 4.79 Å². The van der Waals surface area contributed by atoms with Crippen LogP contribution >= 0.6 is 0 Å². The lowest BCUT2D eigenvalue weighted by Crippen LogP contribution is -2.50. The van der Waals surface area contributed by atoms with Crippen molar-refractivity contribution < 1.29 is 32.3 Å². The zero-order chi connectivity index (χ0) is 22.6. The number of hydrogen-bond acceptors (Lipinski definition) is 4. The Bertz CT molecular complexity index is 824. The molecule has 2 atom stereocenters. The minimum Gasteiger partial charge on any atom is -0.467 e. The first-order chi connectivity index (χ1) is 14.7. The number of nitrogens with one attached hydrogen (secondary N) is 1. The highest BCUT2D eigenvalue weighted by Gasteiger charge is 2.39. The number of halogens is 3. The summed E-state index contributed by atoms with van der Waals surface area (Å²) in [7, 11) is 1.05. The Morgan fingerprint density at radius 3 is 2.35 bits per heavy atom. The van der Waals surface area contributed by atoms with Crippen LogP contribution in [0.15, 0.2) is 24.3 Å². The topological polar surface area (TPSA) is 79.0 Å². The number of methoxy groups -OCH3 is 1. The van der Waals surface area contributed by atoms with E-state index in [0.29, 0.717) is 32.5 Å². The number of amides is 3. The van der Waals surface area contributed by atoms with Crippen LogP contribution in [0.2, 0.25) is 0 Å². The van der Waals surface area contributed by atoms with Crippen LogP contribution in [0.25, 0.3) is 0 Å². The van der Waals surface area contributed by atoms with Crippen LogP contribution in [0.4, 0.5) is 18.0 Å². The fourth-order valence-electron chi connectivity index (χ4n) is 4.12. The fraction of sp³-hybridized carbons (Fsp3) is 0.571. The predicted octanol–water partition coefficient (Wildman–Crippen LogP) is 2.96. The lowest BCUT2D eigenvalue weighted by atomic mass is 9.95. The highest BCUT2D eigenvalue weighted by atomic mass is 19.4. The molecule has 0 aliphatic carbocycles. The summed E-state index contributed by atoms with van der Waals surface area (Å²) in [5.41, 5.74) is -1.39. The van der Waals surface area contributed by atoms with Gasteiger partial charge in [0, 0.05) is 26.2 Å². The van der Waals surface area contributed by atoms with Gasteiger partial charge in [-0.2, -0.15) is 13.2 Å². The maximum atomic E-state index is 13.4. The Morgan fingerprint density at radius 1 is 1.06 bits per heavy atom. The largest absolute Gasteiger partial charge is 0.467 e. The van der Waals surface area contributed by atoms with Crippen LogP contribution in [-0.4, -0.2) is 61.0 Å². The Balaban J connectivity index is 1.76. The van der Waals surface area contributed by atoms with Crippen LogP contribution in [0.3, 0.4) is 0 Å². The van der Waals surface area contributed by atoms with Gasteiger partial charge in [-0.15, -0.1) is 0 Å². The molecule has 170 valence electrons. The number of likely N-dealkylation sites (tertiary alicyclic amines) is 2. The number of carbonyl (C=O) groups excluding carboxylic acids is 3. The van der Waals surface area contributed by atoms with Crippen LogP contribution in [-0.2, 0) is 20.5 Å². The highest BCUT2D eigenvalue weighted by Crippen LogP contribution is 2.35. The lowest BCUT2D eigenvalue weighted by Gasteiger charge is -2.35. The van der Waals surface area contributed by atoms with Crippen molar-refractivity contribution in [2.24, 2.45) is 5.92 Å². The Labute approximate surface area is 178 Å². The minimum absolute atomic E-state index is 0.123. The van der Waals surface area contributed by atoms with Gasteiger partial charge in [0.2, 0.25) is 5.91 Å². The molecule has 2 aliphatic rings. The van der Waals surface area contributed by atoms with Crippen LogP contribution < -0.4 is 5.32 Å². The third kappa shape index (κ3) is 5.29. The molecule has 7 nitrogen and oxygen atoms in total. The van der Waals surface area contributed by atoms with E-state index in [0.717, 1.165) is 32.1 Å². The maximum Gasteiger partial charge on any atom is 0.416 e.